The first-order valence-electron chi connectivity index (χ1n) is 4.18. The number of nitrogens with zero attached hydrogens (tertiary/aromatic N) is 1. The summed E-state index contributed by atoms with van der Waals surface area (Å²) in [7, 11) is 4.06. The third kappa shape index (κ3) is 7.92. The topological polar surface area (TPSA) is 15.3 Å². The molecule has 0 aromatic carbocycles. The summed E-state index contributed by atoms with van der Waals surface area (Å²) in [6.07, 6.45) is 5.35. The van der Waals surface area contributed by atoms with Crippen LogP contribution in [0.5, 0.6) is 0 Å². The van der Waals surface area contributed by atoms with Gasteiger partial charge in [0.2, 0.25) is 0 Å². The molecule has 0 amide bonds. The van der Waals surface area contributed by atoms with E-state index in [0.717, 1.165) is 6.54 Å². The highest BCUT2D eigenvalue weighted by Gasteiger charge is 1.87. The molecule has 0 saturated heterocycles. The standard InChI is InChI=1S/C8H20N2/c1-4-5-6-7-8-9-10(2)3/h9H,4-8H2,1-3H3. The average molecular weight is 144 g/mol. The second-order valence-electron chi connectivity index (χ2n) is 2.86. The molecule has 62 valence electrons. The Bertz CT molecular complexity index is 62.3. The summed E-state index contributed by atoms with van der Waals surface area (Å²) in [6, 6.07) is 0. The van der Waals surface area contributed by atoms with Crippen LogP contribution >= 0.6 is 0 Å². The van der Waals surface area contributed by atoms with Gasteiger partial charge in [0.1, 0.15) is 0 Å². The second kappa shape index (κ2) is 7.03. The molecule has 2 heteroatoms. The van der Waals surface area contributed by atoms with Crippen LogP contribution in [0.4, 0.5) is 0 Å². The summed E-state index contributed by atoms with van der Waals surface area (Å²) in [4.78, 5) is 0. The van der Waals surface area contributed by atoms with E-state index in [9.17, 15) is 0 Å². The highest BCUT2D eigenvalue weighted by molar-refractivity contribution is 4.42. The summed E-state index contributed by atoms with van der Waals surface area (Å²) in [6.45, 7) is 3.35. The zero-order valence-electron chi connectivity index (χ0n) is 7.48. The van der Waals surface area contributed by atoms with Crippen molar-refractivity contribution in [2.45, 2.75) is 32.6 Å². The predicted molar refractivity (Wildman–Crippen MR) is 45.8 cm³/mol. The molecule has 0 rings (SSSR count). The smallest absolute Gasteiger partial charge is 0.0102 e. The molecular weight excluding hydrogens is 124 g/mol. The molecule has 0 aromatic heterocycles. The molecule has 0 unspecified atom stereocenters. The molecule has 1 N–H and O–H groups in total. The Morgan fingerprint density at radius 1 is 1.10 bits per heavy atom. The lowest BCUT2D eigenvalue weighted by atomic mass is 10.2. The second-order valence-corrected chi connectivity index (χ2v) is 2.86. The fourth-order valence-electron chi connectivity index (χ4n) is 0.854. The van der Waals surface area contributed by atoms with Gasteiger partial charge in [-0.2, -0.15) is 0 Å². The number of unbranched alkanes of at least 4 members (excludes halogenated alkanes) is 3. The Kier molecular flexibility index (Phi) is 6.98. The molecule has 10 heavy (non-hydrogen) atoms. The van der Waals surface area contributed by atoms with Crippen molar-refractivity contribution in [1.29, 1.82) is 0 Å². The Hall–Kier alpha value is -0.0800. The largest absolute Gasteiger partial charge is 0.256 e. The molecule has 0 aliphatic rings. The van der Waals surface area contributed by atoms with Gasteiger partial charge < -0.3 is 0 Å². The van der Waals surface area contributed by atoms with Gasteiger partial charge in [0.25, 0.3) is 0 Å². The molecule has 0 saturated carbocycles. The van der Waals surface area contributed by atoms with Crippen molar-refractivity contribution in [2.75, 3.05) is 20.6 Å². The van der Waals surface area contributed by atoms with E-state index in [0.29, 0.717) is 0 Å². The number of rotatable bonds is 6. The molecule has 0 heterocycles. The van der Waals surface area contributed by atoms with Crippen LogP contribution in [-0.4, -0.2) is 25.6 Å². The van der Waals surface area contributed by atoms with Crippen LogP contribution < -0.4 is 5.43 Å². The monoisotopic (exact) mass is 144 g/mol. The number of hydrogen-bond donors (Lipinski definition) is 1. The van der Waals surface area contributed by atoms with Crippen molar-refractivity contribution >= 4 is 0 Å². The molecular formula is C8H20N2. The van der Waals surface area contributed by atoms with E-state index < -0.39 is 0 Å². The van der Waals surface area contributed by atoms with Gasteiger partial charge in [-0.15, -0.1) is 0 Å². The van der Waals surface area contributed by atoms with Crippen LogP contribution in [0.3, 0.4) is 0 Å². The number of hydrogen-bond acceptors (Lipinski definition) is 2. The quantitative estimate of drug-likeness (QED) is 0.450. The minimum Gasteiger partial charge on any atom is -0.256 e. The lowest BCUT2D eigenvalue weighted by Gasteiger charge is -2.10. The molecule has 0 spiro atoms. The van der Waals surface area contributed by atoms with Gasteiger partial charge in [-0.05, 0) is 6.42 Å². The lowest BCUT2D eigenvalue weighted by molar-refractivity contribution is 0.286. The molecule has 0 fully saturated rings. The minimum atomic E-state index is 1.12. The van der Waals surface area contributed by atoms with Crippen LogP contribution in [0.1, 0.15) is 32.6 Å². The first kappa shape index (κ1) is 9.92. The van der Waals surface area contributed by atoms with E-state index in [2.05, 4.69) is 12.3 Å². The van der Waals surface area contributed by atoms with Crippen molar-refractivity contribution in [1.82, 2.24) is 10.4 Å². The minimum absolute atomic E-state index is 1.12. The number of nitrogens with one attached hydrogen (secondary N) is 1. The number of hydrazine groups is 1. The third-order valence-electron chi connectivity index (χ3n) is 1.46. The molecule has 0 radical (unpaired) electrons. The SMILES string of the molecule is CCCCCCNN(C)C. The fourth-order valence-corrected chi connectivity index (χ4v) is 0.854. The van der Waals surface area contributed by atoms with Gasteiger partial charge in [0, 0.05) is 20.6 Å². The van der Waals surface area contributed by atoms with Crippen molar-refractivity contribution < 1.29 is 0 Å². The van der Waals surface area contributed by atoms with Gasteiger partial charge in [0.15, 0.2) is 0 Å². The van der Waals surface area contributed by atoms with Crippen molar-refractivity contribution in [3.63, 3.8) is 0 Å². The maximum Gasteiger partial charge on any atom is 0.0102 e. The van der Waals surface area contributed by atoms with E-state index in [4.69, 9.17) is 0 Å². The van der Waals surface area contributed by atoms with Gasteiger partial charge in [0.05, 0.1) is 0 Å². The van der Waals surface area contributed by atoms with Crippen LogP contribution in [0.25, 0.3) is 0 Å². The fraction of sp³-hybridized carbons (Fsp3) is 1.00. The highest BCUT2D eigenvalue weighted by atomic mass is 15.5. The Morgan fingerprint density at radius 2 is 1.80 bits per heavy atom. The molecule has 2 nitrogen and oxygen atoms in total. The zero-order valence-corrected chi connectivity index (χ0v) is 7.48. The first-order chi connectivity index (χ1) is 4.77. The van der Waals surface area contributed by atoms with Crippen molar-refractivity contribution in [3.8, 4) is 0 Å². The third-order valence-corrected chi connectivity index (χ3v) is 1.46. The average Bonchev–Trinajstić information content (AvgIpc) is 1.87. The first-order valence-corrected chi connectivity index (χ1v) is 4.18. The normalized spacial score (nSPS) is 10.8. The molecule has 0 aliphatic carbocycles. The molecule has 0 atom stereocenters. The van der Waals surface area contributed by atoms with Crippen LogP contribution in [0.2, 0.25) is 0 Å². The Morgan fingerprint density at radius 3 is 2.30 bits per heavy atom. The highest BCUT2D eigenvalue weighted by Crippen LogP contribution is 1.96. The van der Waals surface area contributed by atoms with Gasteiger partial charge in [-0.1, -0.05) is 26.2 Å². The van der Waals surface area contributed by atoms with Crippen LogP contribution in [-0.2, 0) is 0 Å². The van der Waals surface area contributed by atoms with Crippen LogP contribution in [0.15, 0.2) is 0 Å². The zero-order chi connectivity index (χ0) is 7.82. The summed E-state index contributed by atoms with van der Waals surface area (Å²) >= 11 is 0. The van der Waals surface area contributed by atoms with E-state index in [1.165, 1.54) is 25.7 Å². The lowest BCUT2D eigenvalue weighted by Crippen LogP contribution is -2.30. The van der Waals surface area contributed by atoms with Gasteiger partial charge in [-0.3, -0.25) is 10.4 Å². The van der Waals surface area contributed by atoms with Crippen molar-refractivity contribution in [3.05, 3.63) is 0 Å². The summed E-state index contributed by atoms with van der Waals surface area (Å²) < 4.78 is 0. The van der Waals surface area contributed by atoms with E-state index in [1.54, 1.807) is 0 Å². The van der Waals surface area contributed by atoms with E-state index in [1.807, 2.05) is 19.1 Å². The summed E-state index contributed by atoms with van der Waals surface area (Å²) in [5.74, 6) is 0. The van der Waals surface area contributed by atoms with Gasteiger partial charge in [-0.25, -0.2) is 0 Å². The maximum absolute atomic E-state index is 3.24. The van der Waals surface area contributed by atoms with E-state index in [-0.39, 0.29) is 0 Å². The molecule has 0 aromatic rings. The maximum atomic E-state index is 3.24. The Balaban J connectivity index is 2.77. The van der Waals surface area contributed by atoms with Gasteiger partial charge >= 0.3 is 0 Å². The van der Waals surface area contributed by atoms with E-state index >= 15 is 0 Å². The summed E-state index contributed by atoms with van der Waals surface area (Å²) in [5, 5.41) is 2.01. The Labute approximate surface area is 64.6 Å². The molecule has 0 bridgehead atoms. The molecule has 0 aliphatic heterocycles. The predicted octanol–water partition coefficient (Wildman–Crippen LogP) is 1.63. The van der Waals surface area contributed by atoms with Crippen LogP contribution in [0, 0.1) is 0 Å². The van der Waals surface area contributed by atoms with Crippen molar-refractivity contribution in [2.24, 2.45) is 0 Å². The summed E-state index contributed by atoms with van der Waals surface area (Å²) in [5.41, 5.74) is 3.24.